The van der Waals surface area contributed by atoms with Crippen molar-refractivity contribution in [3.8, 4) is 5.75 Å². The fourth-order valence-electron chi connectivity index (χ4n) is 2.06. The largest absolute Gasteiger partial charge is 0.494 e. The van der Waals surface area contributed by atoms with E-state index in [1.54, 1.807) is 19.1 Å². The van der Waals surface area contributed by atoms with Gasteiger partial charge in [0.05, 0.1) is 12.6 Å². The molecule has 1 atom stereocenters. The first-order chi connectivity index (χ1) is 10.1. The second-order valence-corrected chi connectivity index (χ2v) is 5.01. The first-order valence-electron chi connectivity index (χ1n) is 7.29. The van der Waals surface area contributed by atoms with Crippen LogP contribution in [-0.2, 0) is 16.1 Å². The summed E-state index contributed by atoms with van der Waals surface area (Å²) in [5.74, 6) is 0.798. The normalized spacial score (nSPS) is 12.0. The third-order valence-corrected chi connectivity index (χ3v) is 3.21. The first-order valence-corrected chi connectivity index (χ1v) is 7.29. The first kappa shape index (κ1) is 17.5. The third kappa shape index (κ3) is 6.14. The summed E-state index contributed by atoms with van der Waals surface area (Å²) < 4.78 is 10.4. The number of nitrogens with two attached hydrogens (primary N) is 1. The molecule has 1 rings (SSSR count). The Bertz CT molecular complexity index is 420. The van der Waals surface area contributed by atoms with E-state index in [0.717, 1.165) is 17.7 Å². The number of benzene rings is 1. The van der Waals surface area contributed by atoms with Crippen LogP contribution in [0, 0.1) is 0 Å². The van der Waals surface area contributed by atoms with Crippen molar-refractivity contribution in [2.24, 2.45) is 5.73 Å². The van der Waals surface area contributed by atoms with Gasteiger partial charge in [0.25, 0.3) is 0 Å². The molecule has 1 amide bonds. The van der Waals surface area contributed by atoms with E-state index in [2.05, 4.69) is 0 Å². The van der Waals surface area contributed by atoms with Crippen LogP contribution in [0.25, 0.3) is 0 Å². The topological polar surface area (TPSA) is 64.8 Å². The smallest absolute Gasteiger partial charge is 0.239 e. The average Bonchev–Trinajstić information content (AvgIpc) is 2.48. The fraction of sp³-hybridized carbons (Fsp3) is 0.562. The monoisotopic (exact) mass is 294 g/mol. The van der Waals surface area contributed by atoms with E-state index in [4.69, 9.17) is 15.2 Å². The number of rotatable bonds is 9. The van der Waals surface area contributed by atoms with Crippen molar-refractivity contribution in [3.63, 3.8) is 0 Å². The van der Waals surface area contributed by atoms with Gasteiger partial charge >= 0.3 is 0 Å². The number of likely N-dealkylation sites (N-methyl/N-ethyl adjacent to an activating group) is 1. The zero-order valence-corrected chi connectivity index (χ0v) is 13.2. The second kappa shape index (κ2) is 9.37. The van der Waals surface area contributed by atoms with E-state index in [1.807, 2.05) is 31.2 Å². The Morgan fingerprint density at radius 2 is 2.00 bits per heavy atom. The molecule has 0 radical (unpaired) electrons. The number of carbonyl (C=O) groups excluding carboxylic acids is 1. The van der Waals surface area contributed by atoms with Gasteiger partial charge in [-0.3, -0.25) is 4.79 Å². The summed E-state index contributed by atoms with van der Waals surface area (Å²) in [6.07, 6.45) is 1.43. The lowest BCUT2D eigenvalue weighted by molar-refractivity contribution is -0.132. The summed E-state index contributed by atoms with van der Waals surface area (Å²) in [5, 5.41) is 0. The quantitative estimate of drug-likeness (QED) is 0.705. The molecule has 0 aliphatic rings. The highest BCUT2D eigenvalue weighted by Gasteiger charge is 2.17. The minimum Gasteiger partial charge on any atom is -0.494 e. The molecule has 0 aliphatic carbocycles. The van der Waals surface area contributed by atoms with Crippen molar-refractivity contribution >= 4 is 5.91 Å². The molecule has 0 heterocycles. The summed E-state index contributed by atoms with van der Waals surface area (Å²) in [7, 11) is 3.42. The Morgan fingerprint density at radius 3 is 2.57 bits per heavy atom. The van der Waals surface area contributed by atoms with Crippen LogP contribution in [0.2, 0.25) is 0 Å². The number of hydrogen-bond acceptors (Lipinski definition) is 4. The van der Waals surface area contributed by atoms with Crippen LogP contribution in [0.4, 0.5) is 0 Å². The summed E-state index contributed by atoms with van der Waals surface area (Å²) in [4.78, 5) is 13.8. The van der Waals surface area contributed by atoms with Gasteiger partial charge in [-0.2, -0.15) is 0 Å². The predicted molar refractivity (Wildman–Crippen MR) is 83.2 cm³/mol. The molecule has 21 heavy (non-hydrogen) atoms. The van der Waals surface area contributed by atoms with Crippen molar-refractivity contribution in [3.05, 3.63) is 29.8 Å². The zero-order chi connectivity index (χ0) is 15.7. The Balaban J connectivity index is 2.47. The molecule has 118 valence electrons. The molecule has 5 nitrogen and oxygen atoms in total. The van der Waals surface area contributed by atoms with E-state index in [-0.39, 0.29) is 5.91 Å². The lowest BCUT2D eigenvalue weighted by atomic mass is 10.1. The molecule has 0 aliphatic heterocycles. The minimum atomic E-state index is -0.465. The third-order valence-electron chi connectivity index (χ3n) is 3.21. The average molecular weight is 294 g/mol. The van der Waals surface area contributed by atoms with Gasteiger partial charge in [-0.25, -0.2) is 0 Å². The number of nitrogens with zero attached hydrogens (tertiary/aromatic N) is 1. The van der Waals surface area contributed by atoms with Crippen molar-refractivity contribution in [2.75, 3.05) is 27.4 Å². The summed E-state index contributed by atoms with van der Waals surface area (Å²) in [6, 6.07) is 7.29. The molecule has 2 N–H and O–H groups in total. The Morgan fingerprint density at radius 1 is 1.33 bits per heavy atom. The molecule has 0 spiro atoms. The maximum atomic E-state index is 12.1. The number of methoxy groups -OCH3 is 1. The molecule has 5 heteroatoms. The molecular weight excluding hydrogens is 268 g/mol. The standard InChI is InChI=1S/C16H26N2O3/c1-4-21-14-9-7-13(8-10-14)12-18(2)16(19)15(17)6-5-11-20-3/h7-10,15H,4-6,11-12,17H2,1-3H3. The molecule has 0 fully saturated rings. The number of carbonyl (C=O) groups is 1. The highest BCUT2D eigenvalue weighted by molar-refractivity contribution is 5.81. The van der Waals surface area contributed by atoms with Crippen LogP contribution in [0.15, 0.2) is 24.3 Å². The van der Waals surface area contributed by atoms with E-state index < -0.39 is 6.04 Å². The second-order valence-electron chi connectivity index (χ2n) is 5.01. The van der Waals surface area contributed by atoms with Crippen LogP contribution >= 0.6 is 0 Å². The van der Waals surface area contributed by atoms with E-state index in [1.165, 1.54) is 0 Å². The van der Waals surface area contributed by atoms with Gasteiger partial charge < -0.3 is 20.1 Å². The molecule has 0 saturated heterocycles. The van der Waals surface area contributed by atoms with E-state index in [9.17, 15) is 4.79 Å². The lowest BCUT2D eigenvalue weighted by Gasteiger charge is -2.21. The van der Waals surface area contributed by atoms with Crippen molar-refractivity contribution in [1.29, 1.82) is 0 Å². The highest BCUT2D eigenvalue weighted by atomic mass is 16.5. The summed E-state index contributed by atoms with van der Waals surface area (Å²) in [6.45, 7) is 3.77. The van der Waals surface area contributed by atoms with E-state index in [0.29, 0.717) is 26.2 Å². The number of amides is 1. The maximum absolute atomic E-state index is 12.1. The van der Waals surface area contributed by atoms with Gasteiger partial charge in [0.15, 0.2) is 0 Å². The summed E-state index contributed by atoms with van der Waals surface area (Å²) in [5.41, 5.74) is 6.96. The molecule has 0 saturated carbocycles. The molecule has 1 unspecified atom stereocenters. The fourth-order valence-corrected chi connectivity index (χ4v) is 2.06. The molecule has 0 aromatic heterocycles. The van der Waals surface area contributed by atoms with Gasteiger partial charge in [-0.05, 0) is 37.5 Å². The zero-order valence-electron chi connectivity index (χ0n) is 13.2. The van der Waals surface area contributed by atoms with Crippen LogP contribution in [0.1, 0.15) is 25.3 Å². The SMILES string of the molecule is CCOc1ccc(CN(C)C(=O)C(N)CCCOC)cc1. The Labute approximate surface area is 127 Å². The van der Waals surface area contributed by atoms with E-state index >= 15 is 0 Å². The van der Waals surface area contributed by atoms with Crippen LogP contribution in [0.3, 0.4) is 0 Å². The van der Waals surface area contributed by atoms with Gasteiger partial charge in [0, 0.05) is 27.3 Å². The van der Waals surface area contributed by atoms with Crippen LogP contribution in [-0.4, -0.2) is 44.2 Å². The van der Waals surface area contributed by atoms with Crippen molar-refractivity contribution in [1.82, 2.24) is 4.90 Å². The van der Waals surface area contributed by atoms with Crippen LogP contribution < -0.4 is 10.5 Å². The molecule has 1 aromatic carbocycles. The number of hydrogen-bond donors (Lipinski definition) is 1. The van der Waals surface area contributed by atoms with Crippen molar-refractivity contribution < 1.29 is 14.3 Å². The van der Waals surface area contributed by atoms with Gasteiger partial charge in [-0.15, -0.1) is 0 Å². The van der Waals surface area contributed by atoms with Gasteiger partial charge in [-0.1, -0.05) is 12.1 Å². The predicted octanol–water partition coefficient (Wildman–Crippen LogP) is 1.80. The molecule has 1 aromatic rings. The lowest BCUT2D eigenvalue weighted by Crippen LogP contribution is -2.41. The molecule has 0 bridgehead atoms. The summed E-state index contributed by atoms with van der Waals surface area (Å²) >= 11 is 0. The highest BCUT2D eigenvalue weighted by Crippen LogP contribution is 2.13. The maximum Gasteiger partial charge on any atom is 0.239 e. The Hall–Kier alpha value is -1.59. The van der Waals surface area contributed by atoms with Crippen molar-refractivity contribution in [2.45, 2.75) is 32.4 Å². The number of ether oxygens (including phenoxy) is 2. The minimum absolute atomic E-state index is 0.0417. The Kier molecular flexibility index (Phi) is 7.79. The van der Waals surface area contributed by atoms with Crippen LogP contribution in [0.5, 0.6) is 5.75 Å². The molecular formula is C16H26N2O3. The van der Waals surface area contributed by atoms with Gasteiger partial charge in [0.2, 0.25) is 5.91 Å². The van der Waals surface area contributed by atoms with Gasteiger partial charge in [0.1, 0.15) is 5.75 Å².